The summed E-state index contributed by atoms with van der Waals surface area (Å²) in [5.41, 5.74) is 0.446. The van der Waals surface area contributed by atoms with E-state index in [2.05, 4.69) is 17.0 Å². The molecule has 192 valence electrons. The Kier molecular flexibility index (Phi) is 17.5. The maximum Gasteiger partial charge on any atom is 0.343 e. The Balaban J connectivity index is 2.08. The van der Waals surface area contributed by atoms with E-state index < -0.39 is 17.8 Å². The van der Waals surface area contributed by atoms with E-state index in [9.17, 15) is 14.0 Å². The molecule has 1 rings (SSSR count). The van der Waals surface area contributed by atoms with E-state index in [1.807, 2.05) is 0 Å². The summed E-state index contributed by atoms with van der Waals surface area (Å²) in [7, 11) is 0. The second-order valence-electron chi connectivity index (χ2n) is 8.68. The van der Waals surface area contributed by atoms with Gasteiger partial charge in [0.05, 0.1) is 23.9 Å². The van der Waals surface area contributed by atoms with Crippen LogP contribution < -0.4 is 5.32 Å². The van der Waals surface area contributed by atoms with Gasteiger partial charge < -0.3 is 14.8 Å². The van der Waals surface area contributed by atoms with Gasteiger partial charge in [0.25, 0.3) is 0 Å². The topological polar surface area (TPSA) is 64.6 Å². The minimum atomic E-state index is -0.738. The molecule has 0 aliphatic heterocycles. The van der Waals surface area contributed by atoms with Crippen LogP contribution in [-0.4, -0.2) is 25.1 Å². The van der Waals surface area contributed by atoms with E-state index in [0.29, 0.717) is 12.2 Å². The van der Waals surface area contributed by atoms with Gasteiger partial charge >= 0.3 is 11.9 Å². The van der Waals surface area contributed by atoms with Crippen molar-refractivity contribution < 1.29 is 23.5 Å². The Bertz CT molecular complexity index is 720. The standard InChI is InChI=1S/C28H44FNO4/c1-3-5-6-7-8-9-10-11-12-13-14-15-16-17-21-30-26-19-18-24(23-25(26)29)28(32)34-22-20-27(31)33-4-2/h18-20,22-23,30H,3-17,21H2,1-2H3. The van der Waals surface area contributed by atoms with Crippen molar-refractivity contribution in [3.8, 4) is 0 Å². The van der Waals surface area contributed by atoms with Gasteiger partial charge in [0.15, 0.2) is 0 Å². The Morgan fingerprint density at radius 2 is 1.41 bits per heavy atom. The van der Waals surface area contributed by atoms with Crippen LogP contribution in [0.2, 0.25) is 0 Å². The minimum Gasteiger partial charge on any atom is -0.463 e. The van der Waals surface area contributed by atoms with Crippen molar-refractivity contribution in [3.05, 3.63) is 41.9 Å². The number of benzene rings is 1. The molecule has 0 aromatic heterocycles. The van der Waals surface area contributed by atoms with Crippen molar-refractivity contribution in [2.45, 2.75) is 104 Å². The summed E-state index contributed by atoms with van der Waals surface area (Å²) < 4.78 is 23.8. The third kappa shape index (κ3) is 14.7. The van der Waals surface area contributed by atoms with Crippen LogP contribution >= 0.6 is 0 Å². The van der Waals surface area contributed by atoms with E-state index >= 15 is 0 Å². The minimum absolute atomic E-state index is 0.0769. The first-order valence-corrected chi connectivity index (χ1v) is 13.2. The fourth-order valence-corrected chi connectivity index (χ4v) is 3.74. The van der Waals surface area contributed by atoms with Crippen LogP contribution in [0.25, 0.3) is 0 Å². The normalized spacial score (nSPS) is 11.0. The lowest BCUT2D eigenvalue weighted by molar-refractivity contribution is -0.137. The molecule has 6 heteroatoms. The number of unbranched alkanes of at least 4 members (excludes halogenated alkanes) is 13. The first-order valence-electron chi connectivity index (χ1n) is 13.2. The molecule has 1 aromatic carbocycles. The van der Waals surface area contributed by atoms with E-state index in [4.69, 9.17) is 4.74 Å². The summed E-state index contributed by atoms with van der Waals surface area (Å²) >= 11 is 0. The fraction of sp³-hybridized carbons (Fsp3) is 0.643. The van der Waals surface area contributed by atoms with Crippen molar-refractivity contribution in [2.24, 2.45) is 0 Å². The predicted octanol–water partition coefficient (Wildman–Crippen LogP) is 7.95. The molecule has 0 spiro atoms. The summed E-state index contributed by atoms with van der Waals surface area (Å²) in [5.74, 6) is -1.85. The zero-order valence-corrected chi connectivity index (χ0v) is 21.2. The van der Waals surface area contributed by atoms with Crippen LogP contribution in [0.5, 0.6) is 0 Å². The molecule has 0 atom stereocenters. The van der Waals surface area contributed by atoms with Gasteiger partial charge in [0, 0.05) is 6.54 Å². The largest absolute Gasteiger partial charge is 0.463 e. The van der Waals surface area contributed by atoms with Gasteiger partial charge in [0.2, 0.25) is 0 Å². The molecule has 0 bridgehead atoms. The Labute approximate surface area is 205 Å². The van der Waals surface area contributed by atoms with Crippen molar-refractivity contribution in [3.63, 3.8) is 0 Å². The van der Waals surface area contributed by atoms with Gasteiger partial charge in [-0.2, -0.15) is 0 Å². The van der Waals surface area contributed by atoms with Crippen LogP contribution in [-0.2, 0) is 14.3 Å². The van der Waals surface area contributed by atoms with Crippen molar-refractivity contribution in [1.29, 1.82) is 0 Å². The van der Waals surface area contributed by atoms with Crippen LogP contribution in [0.4, 0.5) is 10.1 Å². The molecule has 0 aliphatic rings. The molecule has 0 saturated carbocycles. The number of halogens is 1. The fourth-order valence-electron chi connectivity index (χ4n) is 3.74. The number of hydrogen-bond donors (Lipinski definition) is 1. The molecular weight excluding hydrogens is 433 g/mol. The highest BCUT2D eigenvalue weighted by Crippen LogP contribution is 2.17. The lowest BCUT2D eigenvalue weighted by Crippen LogP contribution is -2.06. The van der Waals surface area contributed by atoms with Crippen LogP contribution in [0.3, 0.4) is 0 Å². The maximum atomic E-state index is 14.3. The summed E-state index contributed by atoms with van der Waals surface area (Å²) in [6, 6.07) is 4.16. The molecule has 1 aromatic rings. The zero-order chi connectivity index (χ0) is 24.9. The third-order valence-corrected chi connectivity index (χ3v) is 5.72. The second-order valence-corrected chi connectivity index (χ2v) is 8.68. The van der Waals surface area contributed by atoms with E-state index in [1.165, 1.54) is 89.2 Å². The highest BCUT2D eigenvalue weighted by atomic mass is 19.1. The van der Waals surface area contributed by atoms with Gasteiger partial charge in [-0.15, -0.1) is 0 Å². The monoisotopic (exact) mass is 477 g/mol. The first kappa shape index (κ1) is 29.7. The smallest absolute Gasteiger partial charge is 0.343 e. The molecule has 0 saturated heterocycles. The number of carbonyl (C=O) groups is 2. The quantitative estimate of drug-likeness (QED) is 0.0893. The molecule has 0 amide bonds. The van der Waals surface area contributed by atoms with E-state index in [1.54, 1.807) is 6.92 Å². The van der Waals surface area contributed by atoms with E-state index in [0.717, 1.165) is 31.2 Å². The van der Waals surface area contributed by atoms with Crippen molar-refractivity contribution in [2.75, 3.05) is 18.5 Å². The summed E-state index contributed by atoms with van der Waals surface area (Å²) in [6.07, 6.45) is 20.2. The van der Waals surface area contributed by atoms with Crippen molar-refractivity contribution >= 4 is 17.6 Å². The molecule has 0 aliphatic carbocycles. The second kappa shape index (κ2) is 20.0. The zero-order valence-electron chi connectivity index (χ0n) is 21.2. The summed E-state index contributed by atoms with van der Waals surface area (Å²) in [4.78, 5) is 23.1. The van der Waals surface area contributed by atoms with Gasteiger partial charge in [-0.25, -0.2) is 14.0 Å². The Morgan fingerprint density at radius 3 is 1.94 bits per heavy atom. The molecule has 5 nitrogen and oxygen atoms in total. The molecule has 0 unspecified atom stereocenters. The van der Waals surface area contributed by atoms with Gasteiger partial charge in [-0.1, -0.05) is 90.4 Å². The number of anilines is 1. The number of carbonyl (C=O) groups excluding carboxylic acids is 2. The average molecular weight is 478 g/mol. The molecule has 0 fully saturated rings. The number of rotatable bonds is 20. The molecule has 34 heavy (non-hydrogen) atoms. The Morgan fingerprint density at radius 1 is 0.853 bits per heavy atom. The van der Waals surface area contributed by atoms with Crippen LogP contribution in [0.15, 0.2) is 30.5 Å². The predicted molar refractivity (Wildman–Crippen MR) is 136 cm³/mol. The molecule has 0 radical (unpaired) electrons. The van der Waals surface area contributed by atoms with Gasteiger partial charge in [-0.05, 0) is 31.5 Å². The first-order chi connectivity index (χ1) is 16.6. The number of hydrogen-bond acceptors (Lipinski definition) is 5. The number of esters is 2. The Hall–Kier alpha value is -2.37. The van der Waals surface area contributed by atoms with Gasteiger partial charge in [-0.3, -0.25) is 0 Å². The summed E-state index contributed by atoms with van der Waals surface area (Å²) in [6.45, 7) is 4.86. The SMILES string of the molecule is CCCCCCCCCCCCCCCCNc1ccc(C(=O)OC=CC(=O)OCC)cc1F. The maximum absolute atomic E-state index is 14.3. The van der Waals surface area contributed by atoms with Crippen LogP contribution in [0.1, 0.15) is 114 Å². The highest BCUT2D eigenvalue weighted by Gasteiger charge is 2.10. The lowest BCUT2D eigenvalue weighted by atomic mass is 10.0. The number of nitrogens with one attached hydrogen (secondary N) is 1. The highest BCUT2D eigenvalue weighted by molar-refractivity contribution is 5.90. The van der Waals surface area contributed by atoms with Gasteiger partial charge in [0.1, 0.15) is 12.1 Å². The summed E-state index contributed by atoms with van der Waals surface area (Å²) in [5, 5.41) is 3.09. The van der Waals surface area contributed by atoms with Crippen LogP contribution in [0, 0.1) is 5.82 Å². The number of ether oxygens (including phenoxy) is 2. The average Bonchev–Trinajstić information content (AvgIpc) is 2.82. The molecule has 0 heterocycles. The molecular formula is C28H44FNO4. The molecule has 1 N–H and O–H groups in total. The third-order valence-electron chi connectivity index (χ3n) is 5.72. The van der Waals surface area contributed by atoms with Crippen molar-refractivity contribution in [1.82, 2.24) is 0 Å². The lowest BCUT2D eigenvalue weighted by Gasteiger charge is -2.09. The van der Waals surface area contributed by atoms with E-state index in [-0.39, 0.29) is 12.2 Å².